The van der Waals surface area contributed by atoms with Crippen molar-refractivity contribution in [3.8, 4) is 11.5 Å². The van der Waals surface area contributed by atoms with Crippen molar-refractivity contribution >= 4 is 17.3 Å². The van der Waals surface area contributed by atoms with Crippen LogP contribution >= 0.6 is 0 Å². The lowest BCUT2D eigenvalue weighted by molar-refractivity contribution is -0.384. The second-order valence-corrected chi connectivity index (χ2v) is 7.71. The zero-order chi connectivity index (χ0) is 24.1. The van der Waals surface area contributed by atoms with Gasteiger partial charge in [-0.3, -0.25) is 14.9 Å². The molecular weight excluding hydrogens is 438 g/mol. The van der Waals surface area contributed by atoms with Crippen LogP contribution in [0.4, 0.5) is 11.4 Å². The van der Waals surface area contributed by atoms with E-state index in [1.165, 1.54) is 12.1 Å². The van der Waals surface area contributed by atoms with Gasteiger partial charge in [0.05, 0.1) is 24.2 Å². The number of hydrogen-bond donors (Lipinski definition) is 1. The van der Waals surface area contributed by atoms with Gasteiger partial charge in [-0.05, 0) is 47.5 Å². The lowest BCUT2D eigenvalue weighted by atomic mass is 10.0. The molecule has 9 heteroatoms. The highest BCUT2D eigenvalue weighted by atomic mass is 16.6. The van der Waals surface area contributed by atoms with Crippen molar-refractivity contribution in [2.75, 3.05) is 32.7 Å². The maximum atomic E-state index is 13.2. The van der Waals surface area contributed by atoms with Crippen molar-refractivity contribution in [1.29, 1.82) is 0 Å². The van der Waals surface area contributed by atoms with Gasteiger partial charge in [0.15, 0.2) is 11.5 Å². The molecule has 4 rings (SSSR count). The average molecular weight is 463 g/mol. The topological polar surface area (TPSA) is 103 Å². The fourth-order valence-corrected chi connectivity index (χ4v) is 3.83. The Hall–Kier alpha value is -4.11. The number of para-hydroxylation sites is 1. The largest absolute Gasteiger partial charge is 0.493 e. The summed E-state index contributed by atoms with van der Waals surface area (Å²) in [6, 6.07) is 19.1. The average Bonchev–Trinajstić information content (AvgIpc) is 2.87. The number of hydrogen-bond acceptors (Lipinski definition) is 7. The third kappa shape index (κ3) is 4.79. The molecule has 0 radical (unpaired) electrons. The summed E-state index contributed by atoms with van der Waals surface area (Å²) in [7, 11) is 3.15. The van der Waals surface area contributed by atoms with Crippen LogP contribution in [0.25, 0.3) is 0 Å². The number of methoxy groups -OCH3 is 2. The molecule has 0 unspecified atom stereocenters. The molecule has 0 saturated carbocycles. The van der Waals surface area contributed by atoms with Crippen LogP contribution in [-0.4, -0.2) is 43.1 Å². The minimum Gasteiger partial charge on any atom is -0.493 e. The zero-order valence-electron chi connectivity index (χ0n) is 18.9. The molecule has 9 nitrogen and oxygen atoms in total. The van der Waals surface area contributed by atoms with Gasteiger partial charge in [-0.1, -0.05) is 18.2 Å². The lowest BCUT2D eigenvalue weighted by Gasteiger charge is -2.38. The van der Waals surface area contributed by atoms with Gasteiger partial charge in [0.25, 0.3) is 11.6 Å². The molecule has 1 N–H and O–H groups in total. The Bertz CT molecular complexity index is 1180. The van der Waals surface area contributed by atoms with Gasteiger partial charge >= 0.3 is 0 Å². The van der Waals surface area contributed by atoms with E-state index in [-0.39, 0.29) is 18.2 Å². The molecule has 1 atom stereocenters. The Morgan fingerprint density at radius 1 is 1.03 bits per heavy atom. The lowest BCUT2D eigenvalue weighted by Crippen LogP contribution is -2.44. The van der Waals surface area contributed by atoms with Crippen molar-refractivity contribution in [2.24, 2.45) is 0 Å². The van der Waals surface area contributed by atoms with Crippen LogP contribution in [-0.2, 0) is 11.3 Å². The quantitative estimate of drug-likeness (QED) is 0.371. The molecule has 1 amide bonds. The first kappa shape index (κ1) is 23.1. The molecule has 1 aliphatic heterocycles. The number of ether oxygens (including phenoxy) is 3. The van der Waals surface area contributed by atoms with Crippen molar-refractivity contribution in [3.63, 3.8) is 0 Å². The monoisotopic (exact) mass is 463 g/mol. The second kappa shape index (κ2) is 10.2. The first-order valence-electron chi connectivity index (χ1n) is 10.7. The molecule has 0 aliphatic carbocycles. The summed E-state index contributed by atoms with van der Waals surface area (Å²) in [5.74, 6) is 0.954. The molecular formula is C25H25N3O6. The van der Waals surface area contributed by atoms with E-state index in [1.807, 2.05) is 30.3 Å². The van der Waals surface area contributed by atoms with Gasteiger partial charge < -0.3 is 24.4 Å². The van der Waals surface area contributed by atoms with E-state index >= 15 is 0 Å². The van der Waals surface area contributed by atoms with Crippen LogP contribution in [0.2, 0.25) is 0 Å². The van der Waals surface area contributed by atoms with E-state index in [0.717, 1.165) is 16.8 Å². The molecule has 0 fully saturated rings. The highest BCUT2D eigenvalue weighted by molar-refractivity contribution is 6.01. The smallest absolute Gasteiger partial charge is 0.269 e. The number of fused-ring (bicyclic) bond motifs is 1. The van der Waals surface area contributed by atoms with E-state index in [4.69, 9.17) is 14.2 Å². The standard InChI is InChI=1S/C25H25N3O6/c1-32-14-13-27-24(26-21-6-4-3-5-20(21)25(27)29)18-9-12-22(33-2)23(15-18)34-16-17-7-10-19(11-8-17)28(30)31/h3-12,15,24,26H,13-14,16H2,1-2H3/t24-/m0/s1. The van der Waals surface area contributed by atoms with E-state index in [9.17, 15) is 14.9 Å². The van der Waals surface area contributed by atoms with Gasteiger partial charge in [-0.15, -0.1) is 0 Å². The maximum Gasteiger partial charge on any atom is 0.269 e. The normalized spacial score (nSPS) is 14.8. The number of carbonyl (C=O) groups is 1. The minimum atomic E-state index is -0.441. The van der Waals surface area contributed by atoms with Gasteiger partial charge in [0.2, 0.25) is 0 Å². The van der Waals surface area contributed by atoms with Crippen molar-refractivity contribution in [1.82, 2.24) is 4.90 Å². The van der Waals surface area contributed by atoms with E-state index in [2.05, 4.69) is 5.32 Å². The Labute approximate surface area is 197 Å². The van der Waals surface area contributed by atoms with Crippen LogP contribution < -0.4 is 14.8 Å². The molecule has 1 aliphatic rings. The summed E-state index contributed by atoms with van der Waals surface area (Å²) in [5, 5.41) is 14.3. The SMILES string of the molecule is COCCN1C(=O)c2ccccc2N[C@@H]1c1ccc(OC)c(OCc2ccc([N+](=O)[O-])cc2)c1. The Morgan fingerprint density at radius 2 is 1.79 bits per heavy atom. The number of non-ortho nitro benzene ring substituents is 1. The van der Waals surface area contributed by atoms with Crippen LogP contribution in [0.5, 0.6) is 11.5 Å². The Kier molecular flexibility index (Phi) is 6.93. The molecule has 0 aromatic heterocycles. The van der Waals surface area contributed by atoms with Crippen LogP contribution in [0.3, 0.4) is 0 Å². The van der Waals surface area contributed by atoms with Crippen LogP contribution in [0.15, 0.2) is 66.7 Å². The fourth-order valence-electron chi connectivity index (χ4n) is 3.83. The highest BCUT2D eigenvalue weighted by Crippen LogP contribution is 2.37. The summed E-state index contributed by atoms with van der Waals surface area (Å²) >= 11 is 0. The predicted molar refractivity (Wildman–Crippen MR) is 126 cm³/mol. The predicted octanol–water partition coefficient (Wildman–Crippen LogP) is 4.40. The van der Waals surface area contributed by atoms with Crippen molar-refractivity contribution in [3.05, 3.63) is 93.5 Å². The molecule has 1 heterocycles. The minimum absolute atomic E-state index is 0.0211. The number of nitrogens with zero attached hydrogens (tertiary/aromatic N) is 2. The van der Waals surface area contributed by atoms with E-state index in [1.54, 1.807) is 43.4 Å². The van der Waals surface area contributed by atoms with E-state index < -0.39 is 11.1 Å². The van der Waals surface area contributed by atoms with Crippen LogP contribution in [0, 0.1) is 10.1 Å². The fraction of sp³-hybridized carbons (Fsp3) is 0.240. The Balaban J connectivity index is 1.61. The summed E-state index contributed by atoms with van der Waals surface area (Å²) in [6.45, 7) is 1.00. The molecule has 3 aromatic rings. The van der Waals surface area contributed by atoms with Gasteiger partial charge in [-0.25, -0.2) is 0 Å². The first-order chi connectivity index (χ1) is 16.5. The third-order valence-corrected chi connectivity index (χ3v) is 5.60. The number of carbonyl (C=O) groups excluding carboxylic acids is 1. The summed E-state index contributed by atoms with van der Waals surface area (Å²) in [5.41, 5.74) is 2.99. The van der Waals surface area contributed by atoms with Crippen molar-refractivity contribution < 1.29 is 23.9 Å². The highest BCUT2D eigenvalue weighted by Gasteiger charge is 2.33. The number of anilines is 1. The molecule has 0 bridgehead atoms. The number of nitro groups is 1. The summed E-state index contributed by atoms with van der Waals surface area (Å²) in [6.07, 6.45) is -0.426. The van der Waals surface area contributed by atoms with Gasteiger partial charge in [0.1, 0.15) is 12.8 Å². The second-order valence-electron chi connectivity index (χ2n) is 7.71. The van der Waals surface area contributed by atoms with E-state index in [0.29, 0.717) is 30.2 Å². The molecule has 0 spiro atoms. The molecule has 3 aromatic carbocycles. The Morgan fingerprint density at radius 3 is 2.50 bits per heavy atom. The number of nitro benzene ring substituents is 1. The molecule has 0 saturated heterocycles. The maximum absolute atomic E-state index is 13.2. The van der Waals surface area contributed by atoms with Gasteiger partial charge in [-0.2, -0.15) is 0 Å². The summed E-state index contributed by atoms with van der Waals surface area (Å²) < 4.78 is 16.7. The van der Waals surface area contributed by atoms with Crippen molar-refractivity contribution in [2.45, 2.75) is 12.8 Å². The van der Waals surface area contributed by atoms with Crippen LogP contribution in [0.1, 0.15) is 27.7 Å². The zero-order valence-corrected chi connectivity index (χ0v) is 18.9. The number of rotatable bonds is 9. The number of nitrogens with one attached hydrogen (secondary N) is 1. The van der Waals surface area contributed by atoms with Gasteiger partial charge in [0, 0.05) is 31.5 Å². The molecule has 176 valence electrons. The number of amides is 1. The number of benzene rings is 3. The third-order valence-electron chi connectivity index (χ3n) is 5.60. The first-order valence-corrected chi connectivity index (χ1v) is 10.7. The summed E-state index contributed by atoms with van der Waals surface area (Å²) in [4.78, 5) is 25.4. The molecule has 34 heavy (non-hydrogen) atoms.